The van der Waals surface area contributed by atoms with E-state index in [1.807, 2.05) is 0 Å². The minimum atomic E-state index is -0.356. The summed E-state index contributed by atoms with van der Waals surface area (Å²) in [5.41, 5.74) is 0.914. The summed E-state index contributed by atoms with van der Waals surface area (Å²) in [7, 11) is 1.53. The van der Waals surface area contributed by atoms with Crippen molar-refractivity contribution in [2.75, 3.05) is 7.11 Å². The van der Waals surface area contributed by atoms with Crippen LogP contribution in [-0.4, -0.2) is 29.0 Å². The maximum atomic E-state index is 10.9. The Kier molecular flexibility index (Phi) is 2.99. The van der Waals surface area contributed by atoms with Gasteiger partial charge in [0.2, 0.25) is 0 Å². The fourth-order valence-corrected chi connectivity index (χ4v) is 0.989. The number of ether oxygens (including phenoxy) is 1. The molecule has 1 N–H and O–H groups in total. The standard InChI is InChI=1S/C8H12N2O2/c1-6(11)8(12-2)3-7-4-9-5-10-7/h4-5,8H,3H2,1-2H3,(H,9,10)/t8-/m0/s1. The van der Waals surface area contributed by atoms with Crippen molar-refractivity contribution in [3.8, 4) is 0 Å². The Balaban J connectivity index is 2.54. The van der Waals surface area contributed by atoms with Crippen molar-refractivity contribution in [2.45, 2.75) is 19.4 Å². The zero-order chi connectivity index (χ0) is 8.97. The molecule has 1 aromatic heterocycles. The second-order valence-electron chi connectivity index (χ2n) is 2.62. The van der Waals surface area contributed by atoms with Crippen molar-refractivity contribution < 1.29 is 9.53 Å². The summed E-state index contributed by atoms with van der Waals surface area (Å²) in [6.45, 7) is 1.52. The van der Waals surface area contributed by atoms with E-state index in [0.717, 1.165) is 5.69 Å². The minimum Gasteiger partial charge on any atom is -0.373 e. The third kappa shape index (κ3) is 2.17. The van der Waals surface area contributed by atoms with Crippen LogP contribution in [0.2, 0.25) is 0 Å². The van der Waals surface area contributed by atoms with Crippen LogP contribution in [0.25, 0.3) is 0 Å². The Labute approximate surface area is 71.0 Å². The van der Waals surface area contributed by atoms with Crippen LogP contribution in [0.4, 0.5) is 0 Å². The van der Waals surface area contributed by atoms with E-state index in [-0.39, 0.29) is 11.9 Å². The summed E-state index contributed by atoms with van der Waals surface area (Å²) in [5, 5.41) is 0. The molecular formula is C8H12N2O2. The fourth-order valence-electron chi connectivity index (χ4n) is 0.989. The first kappa shape index (κ1) is 8.93. The van der Waals surface area contributed by atoms with Crippen LogP contribution in [-0.2, 0) is 16.0 Å². The second-order valence-corrected chi connectivity index (χ2v) is 2.62. The van der Waals surface area contributed by atoms with Crippen molar-refractivity contribution in [2.24, 2.45) is 0 Å². The molecule has 0 aliphatic rings. The van der Waals surface area contributed by atoms with Crippen LogP contribution in [0.5, 0.6) is 0 Å². The van der Waals surface area contributed by atoms with Crippen molar-refractivity contribution in [1.82, 2.24) is 9.97 Å². The van der Waals surface area contributed by atoms with Gasteiger partial charge in [-0.25, -0.2) is 4.98 Å². The summed E-state index contributed by atoms with van der Waals surface area (Å²) in [5.74, 6) is 0.0344. The molecule has 1 rings (SSSR count). The van der Waals surface area contributed by atoms with Gasteiger partial charge in [-0.05, 0) is 6.92 Å². The molecule has 0 aromatic carbocycles. The Hall–Kier alpha value is -1.16. The fraction of sp³-hybridized carbons (Fsp3) is 0.500. The van der Waals surface area contributed by atoms with Gasteiger partial charge >= 0.3 is 0 Å². The molecule has 1 heterocycles. The van der Waals surface area contributed by atoms with Crippen LogP contribution >= 0.6 is 0 Å². The molecular weight excluding hydrogens is 156 g/mol. The number of aromatic amines is 1. The highest BCUT2D eigenvalue weighted by atomic mass is 16.5. The lowest BCUT2D eigenvalue weighted by Crippen LogP contribution is -2.22. The van der Waals surface area contributed by atoms with Crippen LogP contribution in [0.3, 0.4) is 0 Å². The molecule has 0 amide bonds. The first-order chi connectivity index (χ1) is 5.74. The number of imidazole rings is 1. The van der Waals surface area contributed by atoms with E-state index in [2.05, 4.69) is 9.97 Å². The van der Waals surface area contributed by atoms with Gasteiger partial charge in [-0.15, -0.1) is 0 Å². The number of Topliss-reactive ketones (excluding diaryl/α,β-unsaturated/α-hetero) is 1. The predicted molar refractivity (Wildman–Crippen MR) is 43.8 cm³/mol. The summed E-state index contributed by atoms with van der Waals surface area (Å²) < 4.78 is 4.99. The maximum absolute atomic E-state index is 10.9. The van der Waals surface area contributed by atoms with Gasteiger partial charge < -0.3 is 9.72 Å². The lowest BCUT2D eigenvalue weighted by atomic mass is 10.1. The van der Waals surface area contributed by atoms with Gasteiger partial charge in [-0.2, -0.15) is 0 Å². The summed E-state index contributed by atoms with van der Waals surface area (Å²) in [4.78, 5) is 17.7. The number of rotatable bonds is 4. The number of methoxy groups -OCH3 is 1. The number of carbonyl (C=O) groups is 1. The molecule has 12 heavy (non-hydrogen) atoms. The van der Waals surface area contributed by atoms with E-state index < -0.39 is 0 Å². The smallest absolute Gasteiger partial charge is 0.158 e. The van der Waals surface area contributed by atoms with Gasteiger partial charge in [0.1, 0.15) is 6.10 Å². The maximum Gasteiger partial charge on any atom is 0.158 e. The van der Waals surface area contributed by atoms with Crippen LogP contribution < -0.4 is 0 Å². The van der Waals surface area contributed by atoms with Crippen molar-refractivity contribution >= 4 is 5.78 Å². The monoisotopic (exact) mass is 168 g/mol. The molecule has 0 aliphatic heterocycles. The molecule has 0 fully saturated rings. The van der Waals surface area contributed by atoms with E-state index in [9.17, 15) is 4.79 Å². The minimum absolute atomic E-state index is 0.0344. The van der Waals surface area contributed by atoms with E-state index in [4.69, 9.17) is 4.74 Å². The molecule has 0 unspecified atom stereocenters. The second kappa shape index (κ2) is 4.01. The highest BCUT2D eigenvalue weighted by Gasteiger charge is 2.13. The van der Waals surface area contributed by atoms with Crippen LogP contribution in [0.15, 0.2) is 12.5 Å². The summed E-state index contributed by atoms with van der Waals surface area (Å²) in [6.07, 6.45) is 3.48. The van der Waals surface area contributed by atoms with Gasteiger partial charge in [0.25, 0.3) is 0 Å². The van der Waals surface area contributed by atoms with Gasteiger partial charge in [0, 0.05) is 25.4 Å². The SMILES string of the molecule is CO[C@@H](Cc1cnc[nH]1)C(C)=O. The van der Waals surface area contributed by atoms with Gasteiger partial charge in [0.15, 0.2) is 5.78 Å². The van der Waals surface area contributed by atoms with E-state index in [0.29, 0.717) is 6.42 Å². The zero-order valence-electron chi connectivity index (χ0n) is 7.20. The van der Waals surface area contributed by atoms with Crippen molar-refractivity contribution in [3.05, 3.63) is 18.2 Å². The number of ketones is 1. The Bertz CT molecular complexity index is 244. The number of hydrogen-bond acceptors (Lipinski definition) is 3. The normalized spacial score (nSPS) is 12.8. The predicted octanol–water partition coefficient (Wildman–Crippen LogP) is 0.556. The molecule has 0 saturated carbocycles. The Morgan fingerprint density at radius 1 is 1.83 bits per heavy atom. The van der Waals surface area contributed by atoms with Crippen LogP contribution in [0.1, 0.15) is 12.6 Å². The lowest BCUT2D eigenvalue weighted by molar-refractivity contribution is -0.126. The summed E-state index contributed by atoms with van der Waals surface area (Å²) >= 11 is 0. The highest BCUT2D eigenvalue weighted by Crippen LogP contribution is 2.01. The topological polar surface area (TPSA) is 55.0 Å². The molecule has 0 bridgehead atoms. The lowest BCUT2D eigenvalue weighted by Gasteiger charge is -2.09. The quantitative estimate of drug-likeness (QED) is 0.714. The first-order valence-corrected chi connectivity index (χ1v) is 3.74. The van der Waals surface area contributed by atoms with Gasteiger partial charge in [-0.1, -0.05) is 0 Å². The number of nitrogens with zero attached hydrogens (tertiary/aromatic N) is 1. The number of H-pyrrole nitrogens is 1. The molecule has 4 nitrogen and oxygen atoms in total. The number of nitrogens with one attached hydrogen (secondary N) is 1. The molecule has 0 radical (unpaired) electrons. The number of carbonyl (C=O) groups excluding carboxylic acids is 1. The van der Waals surface area contributed by atoms with E-state index >= 15 is 0 Å². The molecule has 0 saturated heterocycles. The van der Waals surface area contributed by atoms with Crippen LogP contribution in [0, 0.1) is 0 Å². The highest BCUT2D eigenvalue weighted by molar-refractivity contribution is 5.80. The van der Waals surface area contributed by atoms with Crippen molar-refractivity contribution in [1.29, 1.82) is 0 Å². The average molecular weight is 168 g/mol. The number of hydrogen-bond donors (Lipinski definition) is 1. The van der Waals surface area contributed by atoms with Gasteiger partial charge in [0.05, 0.1) is 6.33 Å². The molecule has 0 spiro atoms. The van der Waals surface area contributed by atoms with E-state index in [1.54, 1.807) is 12.5 Å². The third-order valence-corrected chi connectivity index (χ3v) is 1.70. The Morgan fingerprint density at radius 2 is 2.58 bits per heavy atom. The van der Waals surface area contributed by atoms with Crippen molar-refractivity contribution in [3.63, 3.8) is 0 Å². The number of aromatic nitrogens is 2. The van der Waals surface area contributed by atoms with Gasteiger partial charge in [-0.3, -0.25) is 4.79 Å². The molecule has 1 atom stereocenters. The van der Waals surface area contributed by atoms with E-state index in [1.165, 1.54) is 14.0 Å². The zero-order valence-corrected chi connectivity index (χ0v) is 7.20. The largest absolute Gasteiger partial charge is 0.373 e. The molecule has 4 heteroatoms. The average Bonchev–Trinajstić information content (AvgIpc) is 2.51. The molecule has 66 valence electrons. The summed E-state index contributed by atoms with van der Waals surface area (Å²) in [6, 6.07) is 0. The molecule has 0 aliphatic carbocycles. The first-order valence-electron chi connectivity index (χ1n) is 3.74. The Morgan fingerprint density at radius 3 is 3.00 bits per heavy atom. The molecule has 1 aromatic rings. The third-order valence-electron chi connectivity index (χ3n) is 1.70.